The van der Waals surface area contributed by atoms with Crippen molar-refractivity contribution in [3.63, 3.8) is 0 Å². The zero-order valence-electron chi connectivity index (χ0n) is 7.25. The van der Waals surface area contributed by atoms with Gasteiger partial charge >= 0.3 is 0 Å². The molecule has 0 amide bonds. The number of phenolic OH excluding ortho intramolecular Hbond substituents is 1. The summed E-state index contributed by atoms with van der Waals surface area (Å²) in [4.78, 5) is 10.6. The lowest BCUT2D eigenvalue weighted by Crippen LogP contribution is -1.94. The van der Waals surface area contributed by atoms with E-state index in [1.165, 1.54) is 12.1 Å². The Balaban J connectivity index is 3.31. The van der Waals surface area contributed by atoms with Crippen LogP contribution in [0.25, 0.3) is 0 Å². The fourth-order valence-corrected chi connectivity index (χ4v) is 1.19. The molecule has 0 saturated carbocycles. The minimum atomic E-state index is -0.172. The maximum atomic E-state index is 10.6. The van der Waals surface area contributed by atoms with E-state index in [9.17, 15) is 9.90 Å². The topological polar surface area (TPSA) is 63.3 Å². The molecule has 0 fully saturated rings. The van der Waals surface area contributed by atoms with Gasteiger partial charge in [-0.1, -0.05) is 23.4 Å². The predicted octanol–water partition coefficient (Wildman–Crippen LogP) is 1.17. The molecule has 4 heteroatoms. The summed E-state index contributed by atoms with van der Waals surface area (Å²) in [5.41, 5.74) is 5.71. The lowest BCUT2D eigenvalue weighted by Gasteiger charge is -2.00. The van der Waals surface area contributed by atoms with Crippen molar-refractivity contribution in [2.45, 2.75) is 0 Å². The van der Waals surface area contributed by atoms with E-state index in [1.54, 1.807) is 0 Å². The number of phenols is 1. The number of rotatable bonds is 1. The van der Waals surface area contributed by atoms with E-state index in [2.05, 4.69) is 11.8 Å². The van der Waals surface area contributed by atoms with Crippen LogP contribution < -0.4 is 5.73 Å². The number of benzene rings is 1. The molecular weight excluding hydrogens is 202 g/mol. The fourth-order valence-electron chi connectivity index (χ4n) is 0.977. The summed E-state index contributed by atoms with van der Waals surface area (Å²) in [5, 5.41) is 9.68. The molecule has 0 heterocycles. The zero-order chi connectivity index (χ0) is 10.6. The molecule has 1 aromatic rings. The Kier molecular flexibility index (Phi) is 3.52. The number of hydrogen-bond acceptors (Lipinski definition) is 3. The summed E-state index contributed by atoms with van der Waals surface area (Å²) in [6.45, 7) is 0.186. The molecule has 1 rings (SSSR count). The maximum absolute atomic E-state index is 10.6. The SMILES string of the molecule is NCC#Cc1cc(Cl)cc(O)c1C=O. The highest BCUT2D eigenvalue weighted by Crippen LogP contribution is 2.24. The molecule has 0 saturated heterocycles. The second kappa shape index (κ2) is 4.66. The Morgan fingerprint density at radius 1 is 1.57 bits per heavy atom. The van der Waals surface area contributed by atoms with Crippen LogP contribution in [0.2, 0.25) is 5.02 Å². The first-order valence-corrected chi connectivity index (χ1v) is 4.23. The number of aldehydes is 1. The molecule has 0 aliphatic carbocycles. The molecule has 0 bridgehead atoms. The van der Waals surface area contributed by atoms with Gasteiger partial charge in [0.1, 0.15) is 5.75 Å². The molecule has 0 unspecified atom stereocenters. The third-order valence-corrected chi connectivity index (χ3v) is 1.78. The third kappa shape index (κ3) is 2.25. The molecule has 0 aliphatic rings. The van der Waals surface area contributed by atoms with Gasteiger partial charge in [0, 0.05) is 10.6 Å². The minimum absolute atomic E-state index is 0.135. The molecule has 0 spiro atoms. The Morgan fingerprint density at radius 2 is 2.29 bits per heavy atom. The van der Waals surface area contributed by atoms with Gasteiger partial charge in [-0.15, -0.1) is 0 Å². The van der Waals surface area contributed by atoms with Crippen molar-refractivity contribution in [2.75, 3.05) is 6.54 Å². The van der Waals surface area contributed by atoms with Crippen molar-refractivity contribution in [2.24, 2.45) is 5.73 Å². The van der Waals surface area contributed by atoms with Crippen LogP contribution in [-0.4, -0.2) is 17.9 Å². The highest BCUT2D eigenvalue weighted by molar-refractivity contribution is 6.31. The molecule has 72 valence electrons. The average Bonchev–Trinajstić information content (AvgIpc) is 2.14. The lowest BCUT2D eigenvalue weighted by molar-refractivity contribution is 0.112. The fraction of sp³-hybridized carbons (Fsp3) is 0.100. The van der Waals surface area contributed by atoms with Gasteiger partial charge in [-0.3, -0.25) is 4.79 Å². The van der Waals surface area contributed by atoms with Gasteiger partial charge in [-0.05, 0) is 12.1 Å². The Hall–Kier alpha value is -1.50. The van der Waals surface area contributed by atoms with E-state index in [4.69, 9.17) is 17.3 Å². The van der Waals surface area contributed by atoms with Crippen LogP contribution >= 0.6 is 11.6 Å². The van der Waals surface area contributed by atoms with E-state index in [-0.39, 0.29) is 17.9 Å². The van der Waals surface area contributed by atoms with Crippen molar-refractivity contribution >= 4 is 17.9 Å². The van der Waals surface area contributed by atoms with Crippen molar-refractivity contribution in [3.05, 3.63) is 28.3 Å². The molecule has 14 heavy (non-hydrogen) atoms. The first kappa shape index (κ1) is 10.6. The van der Waals surface area contributed by atoms with Crippen molar-refractivity contribution < 1.29 is 9.90 Å². The lowest BCUT2D eigenvalue weighted by atomic mass is 10.1. The van der Waals surface area contributed by atoms with Gasteiger partial charge in [-0.2, -0.15) is 0 Å². The molecule has 0 radical (unpaired) electrons. The van der Waals surface area contributed by atoms with E-state index >= 15 is 0 Å². The van der Waals surface area contributed by atoms with E-state index in [1.807, 2.05) is 0 Å². The van der Waals surface area contributed by atoms with Gasteiger partial charge in [0.05, 0.1) is 12.1 Å². The van der Waals surface area contributed by atoms with Gasteiger partial charge in [0.2, 0.25) is 0 Å². The molecule has 0 atom stereocenters. The smallest absolute Gasteiger partial charge is 0.155 e. The minimum Gasteiger partial charge on any atom is -0.507 e. The number of carbonyl (C=O) groups excluding carboxylic acids is 1. The monoisotopic (exact) mass is 209 g/mol. The maximum Gasteiger partial charge on any atom is 0.155 e. The van der Waals surface area contributed by atoms with Crippen LogP contribution in [0.3, 0.4) is 0 Å². The van der Waals surface area contributed by atoms with Crippen molar-refractivity contribution in [3.8, 4) is 17.6 Å². The molecule has 3 N–H and O–H groups in total. The highest BCUT2D eigenvalue weighted by atomic mass is 35.5. The molecule has 0 aliphatic heterocycles. The van der Waals surface area contributed by atoms with Crippen LogP contribution in [0.5, 0.6) is 5.75 Å². The predicted molar refractivity (Wildman–Crippen MR) is 54.4 cm³/mol. The van der Waals surface area contributed by atoms with Gasteiger partial charge in [0.15, 0.2) is 6.29 Å². The molecular formula is C10H8ClNO2. The number of nitrogens with two attached hydrogens (primary N) is 1. The van der Waals surface area contributed by atoms with E-state index in [0.29, 0.717) is 16.9 Å². The van der Waals surface area contributed by atoms with Crippen LogP contribution in [0.4, 0.5) is 0 Å². The van der Waals surface area contributed by atoms with Gasteiger partial charge in [-0.25, -0.2) is 0 Å². The molecule has 3 nitrogen and oxygen atoms in total. The number of halogens is 1. The first-order chi connectivity index (χ1) is 6.69. The standard InChI is InChI=1S/C10H8ClNO2/c11-8-4-7(2-1-3-12)9(6-13)10(14)5-8/h4-6,14H,3,12H2. The van der Waals surface area contributed by atoms with Crippen LogP contribution in [-0.2, 0) is 0 Å². The van der Waals surface area contributed by atoms with Crippen molar-refractivity contribution in [1.82, 2.24) is 0 Å². The van der Waals surface area contributed by atoms with Crippen molar-refractivity contribution in [1.29, 1.82) is 0 Å². The first-order valence-electron chi connectivity index (χ1n) is 3.85. The summed E-state index contributed by atoms with van der Waals surface area (Å²) < 4.78 is 0. The van der Waals surface area contributed by atoms with E-state index < -0.39 is 0 Å². The quantitative estimate of drug-likeness (QED) is 0.539. The summed E-state index contributed by atoms with van der Waals surface area (Å²) in [6, 6.07) is 2.80. The summed E-state index contributed by atoms with van der Waals surface area (Å²) in [7, 11) is 0. The Labute approximate surface area is 86.5 Å². The third-order valence-electron chi connectivity index (χ3n) is 1.57. The summed E-state index contributed by atoms with van der Waals surface area (Å²) >= 11 is 5.68. The molecule has 1 aromatic carbocycles. The summed E-state index contributed by atoms with van der Waals surface area (Å²) in [6.07, 6.45) is 0.534. The summed E-state index contributed by atoms with van der Waals surface area (Å²) in [5.74, 6) is 5.07. The number of carbonyl (C=O) groups is 1. The highest BCUT2D eigenvalue weighted by Gasteiger charge is 2.06. The largest absolute Gasteiger partial charge is 0.507 e. The van der Waals surface area contributed by atoms with Gasteiger partial charge in [0.25, 0.3) is 0 Å². The van der Waals surface area contributed by atoms with Crippen LogP contribution in [0, 0.1) is 11.8 Å². The van der Waals surface area contributed by atoms with Gasteiger partial charge < -0.3 is 10.8 Å². The second-order valence-electron chi connectivity index (χ2n) is 2.51. The van der Waals surface area contributed by atoms with Crippen LogP contribution in [0.1, 0.15) is 15.9 Å². The van der Waals surface area contributed by atoms with Crippen LogP contribution in [0.15, 0.2) is 12.1 Å². The number of aromatic hydroxyl groups is 1. The second-order valence-corrected chi connectivity index (χ2v) is 2.95. The Morgan fingerprint density at radius 3 is 2.86 bits per heavy atom. The Bertz CT molecular complexity index is 418. The normalized spacial score (nSPS) is 9.00. The number of hydrogen-bond donors (Lipinski definition) is 2. The van der Waals surface area contributed by atoms with E-state index in [0.717, 1.165) is 0 Å². The average molecular weight is 210 g/mol. The zero-order valence-corrected chi connectivity index (χ0v) is 8.01. The molecule has 0 aromatic heterocycles.